The average molecular weight is 374 g/mol. The first kappa shape index (κ1) is 16.5. The number of para-hydroxylation sites is 1. The Bertz CT molecular complexity index is 995. The van der Waals surface area contributed by atoms with Crippen molar-refractivity contribution in [3.8, 4) is 0 Å². The van der Waals surface area contributed by atoms with Gasteiger partial charge in [-0.2, -0.15) is 8.42 Å². The molecule has 1 N–H and O–H groups in total. The molecule has 0 saturated carbocycles. The van der Waals surface area contributed by atoms with E-state index in [1.165, 1.54) is 16.9 Å². The van der Waals surface area contributed by atoms with E-state index in [9.17, 15) is 8.42 Å². The van der Waals surface area contributed by atoms with Gasteiger partial charge in [0.05, 0.1) is 16.5 Å². The zero-order chi connectivity index (χ0) is 17.4. The minimum absolute atomic E-state index is 0.672. The SMILES string of the molecule is CS(=O)(=O)OC(c1cc2ncccc2s1)c1cccc2c1NCCC2. The molecule has 3 heterocycles. The van der Waals surface area contributed by atoms with Crippen LogP contribution in [0.2, 0.25) is 0 Å². The Morgan fingerprint density at radius 3 is 2.96 bits per heavy atom. The first-order chi connectivity index (χ1) is 12.0. The molecule has 0 amide bonds. The fourth-order valence-corrected chi connectivity index (χ4v) is 4.89. The number of aryl methyl sites for hydroxylation is 1. The lowest BCUT2D eigenvalue weighted by Gasteiger charge is -2.25. The maximum Gasteiger partial charge on any atom is 0.265 e. The van der Waals surface area contributed by atoms with E-state index in [2.05, 4.69) is 16.4 Å². The predicted octanol–water partition coefficient (Wildman–Crippen LogP) is 3.72. The van der Waals surface area contributed by atoms with Crippen molar-refractivity contribution in [2.24, 2.45) is 0 Å². The van der Waals surface area contributed by atoms with E-state index in [-0.39, 0.29) is 0 Å². The molecule has 0 spiro atoms. The van der Waals surface area contributed by atoms with Crippen molar-refractivity contribution in [2.45, 2.75) is 18.9 Å². The molecule has 2 aromatic heterocycles. The number of nitrogens with one attached hydrogen (secondary N) is 1. The summed E-state index contributed by atoms with van der Waals surface area (Å²) in [6.07, 6.45) is 4.21. The number of pyridine rings is 1. The van der Waals surface area contributed by atoms with Crippen LogP contribution in [0.4, 0.5) is 5.69 Å². The summed E-state index contributed by atoms with van der Waals surface area (Å²) >= 11 is 1.51. The van der Waals surface area contributed by atoms with Crippen molar-refractivity contribution in [1.29, 1.82) is 0 Å². The first-order valence-corrected chi connectivity index (χ1v) is 10.7. The normalized spacial score (nSPS) is 15.6. The number of nitrogens with zero attached hydrogens (tertiary/aromatic N) is 1. The van der Waals surface area contributed by atoms with E-state index in [1.807, 2.05) is 30.3 Å². The van der Waals surface area contributed by atoms with Crippen molar-refractivity contribution in [2.75, 3.05) is 18.1 Å². The van der Waals surface area contributed by atoms with E-state index < -0.39 is 16.2 Å². The fraction of sp³-hybridized carbons (Fsp3) is 0.278. The number of aromatic nitrogens is 1. The maximum absolute atomic E-state index is 11.9. The highest BCUT2D eigenvalue weighted by Crippen LogP contribution is 2.40. The quantitative estimate of drug-likeness (QED) is 0.705. The minimum atomic E-state index is -3.63. The molecule has 1 aromatic carbocycles. The van der Waals surface area contributed by atoms with Gasteiger partial charge in [0.15, 0.2) is 0 Å². The Labute approximate surface area is 150 Å². The van der Waals surface area contributed by atoms with Gasteiger partial charge in [0.1, 0.15) is 6.10 Å². The number of thiophene rings is 1. The smallest absolute Gasteiger partial charge is 0.265 e. The molecule has 1 aliphatic heterocycles. The van der Waals surface area contributed by atoms with Crippen LogP contribution in [-0.4, -0.2) is 26.2 Å². The van der Waals surface area contributed by atoms with Crippen LogP contribution in [0.3, 0.4) is 0 Å². The zero-order valence-electron chi connectivity index (χ0n) is 13.7. The number of rotatable bonds is 4. The van der Waals surface area contributed by atoms with Crippen LogP contribution in [0.1, 0.15) is 28.5 Å². The van der Waals surface area contributed by atoms with Crippen molar-refractivity contribution in [3.05, 3.63) is 58.6 Å². The number of anilines is 1. The second-order valence-corrected chi connectivity index (χ2v) is 8.84. The van der Waals surface area contributed by atoms with Gasteiger partial charge in [-0.05, 0) is 36.6 Å². The van der Waals surface area contributed by atoms with Crippen LogP contribution in [0.25, 0.3) is 10.2 Å². The molecule has 0 radical (unpaired) electrons. The van der Waals surface area contributed by atoms with Crippen LogP contribution >= 0.6 is 11.3 Å². The van der Waals surface area contributed by atoms with Crippen LogP contribution in [0.5, 0.6) is 0 Å². The summed E-state index contributed by atoms with van der Waals surface area (Å²) in [5.41, 5.74) is 3.90. The van der Waals surface area contributed by atoms with Crippen molar-refractivity contribution < 1.29 is 12.6 Å². The molecule has 0 bridgehead atoms. The van der Waals surface area contributed by atoms with Crippen LogP contribution in [0.15, 0.2) is 42.6 Å². The van der Waals surface area contributed by atoms with Crippen LogP contribution in [-0.2, 0) is 20.7 Å². The second kappa shape index (κ2) is 6.40. The molecule has 1 atom stereocenters. The van der Waals surface area contributed by atoms with Gasteiger partial charge in [-0.25, -0.2) is 0 Å². The Balaban J connectivity index is 1.87. The lowest BCUT2D eigenvalue weighted by Crippen LogP contribution is -2.18. The van der Waals surface area contributed by atoms with Gasteiger partial charge in [-0.3, -0.25) is 9.17 Å². The highest BCUT2D eigenvalue weighted by molar-refractivity contribution is 7.86. The van der Waals surface area contributed by atoms with E-state index in [1.54, 1.807) is 6.20 Å². The van der Waals surface area contributed by atoms with Crippen molar-refractivity contribution in [1.82, 2.24) is 4.98 Å². The van der Waals surface area contributed by atoms with Crippen molar-refractivity contribution >= 4 is 37.4 Å². The summed E-state index contributed by atoms with van der Waals surface area (Å²) in [7, 11) is -3.63. The van der Waals surface area contributed by atoms with Crippen LogP contribution < -0.4 is 5.32 Å². The third-order valence-corrected chi connectivity index (χ3v) is 5.90. The zero-order valence-corrected chi connectivity index (χ0v) is 15.4. The highest BCUT2D eigenvalue weighted by Gasteiger charge is 2.27. The van der Waals surface area contributed by atoms with E-state index in [0.717, 1.165) is 52.0 Å². The van der Waals surface area contributed by atoms with Gasteiger partial charge >= 0.3 is 0 Å². The van der Waals surface area contributed by atoms with Gasteiger partial charge in [0.2, 0.25) is 0 Å². The average Bonchev–Trinajstić information content (AvgIpc) is 3.02. The standard InChI is InChI=1S/C18H18N2O3S2/c1-25(21,22)23-18(16-11-14-15(24-16)8-4-9-19-14)13-7-2-5-12-6-3-10-20-17(12)13/h2,4-5,7-9,11,18,20H,3,6,10H2,1H3. The van der Waals surface area contributed by atoms with E-state index >= 15 is 0 Å². The topological polar surface area (TPSA) is 68.3 Å². The van der Waals surface area contributed by atoms with Gasteiger partial charge in [0.25, 0.3) is 10.1 Å². The Kier molecular flexibility index (Phi) is 4.23. The summed E-state index contributed by atoms with van der Waals surface area (Å²) in [5, 5.41) is 3.42. The van der Waals surface area contributed by atoms with E-state index in [0.29, 0.717) is 0 Å². The lowest BCUT2D eigenvalue weighted by atomic mass is 9.96. The molecule has 1 aliphatic rings. The molecular weight excluding hydrogens is 356 g/mol. The Morgan fingerprint density at radius 2 is 2.16 bits per heavy atom. The molecular formula is C18H18N2O3S2. The summed E-state index contributed by atoms with van der Waals surface area (Å²) in [6, 6.07) is 11.7. The first-order valence-electron chi connectivity index (χ1n) is 8.10. The molecule has 3 aromatic rings. The number of hydrogen-bond donors (Lipinski definition) is 1. The minimum Gasteiger partial charge on any atom is -0.384 e. The maximum atomic E-state index is 11.9. The van der Waals surface area contributed by atoms with Crippen molar-refractivity contribution in [3.63, 3.8) is 0 Å². The number of fused-ring (bicyclic) bond motifs is 2. The molecule has 5 nitrogen and oxygen atoms in total. The molecule has 0 fully saturated rings. The van der Waals surface area contributed by atoms with E-state index in [4.69, 9.17) is 4.18 Å². The molecule has 4 rings (SSSR count). The Hall–Kier alpha value is -1.96. The number of benzene rings is 1. The lowest BCUT2D eigenvalue weighted by molar-refractivity contribution is 0.260. The van der Waals surface area contributed by atoms with Crippen LogP contribution in [0, 0.1) is 0 Å². The Morgan fingerprint density at radius 1 is 1.28 bits per heavy atom. The van der Waals surface area contributed by atoms with Gasteiger partial charge < -0.3 is 5.32 Å². The summed E-state index contributed by atoms with van der Waals surface area (Å²) in [5.74, 6) is 0. The third kappa shape index (κ3) is 3.40. The summed E-state index contributed by atoms with van der Waals surface area (Å²) in [6.45, 7) is 0.879. The summed E-state index contributed by atoms with van der Waals surface area (Å²) in [4.78, 5) is 5.18. The summed E-state index contributed by atoms with van der Waals surface area (Å²) < 4.78 is 30.4. The fourth-order valence-electron chi connectivity index (χ4n) is 3.20. The van der Waals surface area contributed by atoms with Gasteiger partial charge in [-0.15, -0.1) is 11.3 Å². The van der Waals surface area contributed by atoms with Gasteiger partial charge in [0, 0.05) is 28.9 Å². The highest BCUT2D eigenvalue weighted by atomic mass is 32.2. The largest absolute Gasteiger partial charge is 0.384 e. The molecule has 1 unspecified atom stereocenters. The molecule has 7 heteroatoms. The third-order valence-electron chi connectivity index (χ3n) is 4.23. The molecule has 25 heavy (non-hydrogen) atoms. The molecule has 0 aliphatic carbocycles. The molecule has 130 valence electrons. The number of hydrogen-bond acceptors (Lipinski definition) is 6. The second-order valence-electron chi connectivity index (χ2n) is 6.13. The van der Waals surface area contributed by atoms with Gasteiger partial charge in [-0.1, -0.05) is 18.2 Å². The monoisotopic (exact) mass is 374 g/mol. The predicted molar refractivity (Wildman–Crippen MR) is 101 cm³/mol. The molecule has 0 saturated heterocycles.